The van der Waals surface area contributed by atoms with Gasteiger partial charge in [0, 0.05) is 29.5 Å². The molecular weight excluding hydrogens is 366 g/mol. The van der Waals surface area contributed by atoms with Crippen LogP contribution in [0.4, 0.5) is 5.69 Å². The van der Waals surface area contributed by atoms with Crippen molar-refractivity contribution >= 4 is 23.3 Å². The van der Waals surface area contributed by atoms with Crippen LogP contribution in [0.1, 0.15) is 31.7 Å². The summed E-state index contributed by atoms with van der Waals surface area (Å²) < 4.78 is 10.0. The predicted molar refractivity (Wildman–Crippen MR) is 98.3 cm³/mol. The minimum atomic E-state index is -0.936. The fraction of sp³-hybridized carbons (Fsp3) is 0.368. The van der Waals surface area contributed by atoms with Crippen LogP contribution in [0.5, 0.6) is 0 Å². The molecule has 0 saturated heterocycles. The zero-order valence-corrected chi connectivity index (χ0v) is 15.7. The predicted octanol–water partition coefficient (Wildman–Crippen LogP) is 2.67. The number of benzene rings is 1. The lowest BCUT2D eigenvalue weighted by Gasteiger charge is -2.31. The lowest BCUT2D eigenvalue weighted by atomic mass is 9.75. The van der Waals surface area contributed by atoms with Crippen molar-refractivity contribution in [2.75, 3.05) is 13.7 Å². The molecule has 0 saturated carbocycles. The number of hydrogen-bond donors (Lipinski definition) is 0. The minimum Gasteiger partial charge on any atom is -0.468 e. The van der Waals surface area contributed by atoms with Crippen LogP contribution >= 0.6 is 0 Å². The van der Waals surface area contributed by atoms with E-state index < -0.39 is 28.7 Å². The number of nitro groups is 1. The Morgan fingerprint density at radius 3 is 2.68 bits per heavy atom. The molecule has 1 aromatic rings. The molecule has 2 rings (SSSR count). The van der Waals surface area contributed by atoms with E-state index in [1.807, 2.05) is 6.07 Å². The molecule has 9 nitrogen and oxygen atoms in total. The SMILES string of the molecule is COC(=O)C1C(C)=NC(C)=C(C(=O)OCCC#N)C1c1cccc([N+](=O)[O-])c1. The van der Waals surface area contributed by atoms with Gasteiger partial charge in [-0.15, -0.1) is 0 Å². The van der Waals surface area contributed by atoms with Gasteiger partial charge >= 0.3 is 11.9 Å². The topological polar surface area (TPSA) is 132 Å². The highest BCUT2D eigenvalue weighted by molar-refractivity contribution is 6.07. The molecular formula is C19H19N3O6. The van der Waals surface area contributed by atoms with Crippen molar-refractivity contribution in [3.05, 3.63) is 51.2 Å². The van der Waals surface area contributed by atoms with E-state index >= 15 is 0 Å². The van der Waals surface area contributed by atoms with Crippen LogP contribution in [0.15, 0.2) is 40.5 Å². The van der Waals surface area contributed by atoms with E-state index in [0.717, 1.165) is 0 Å². The third-order valence-electron chi connectivity index (χ3n) is 4.39. The van der Waals surface area contributed by atoms with E-state index in [1.54, 1.807) is 19.9 Å². The third kappa shape index (κ3) is 4.23. The second-order valence-corrected chi connectivity index (χ2v) is 6.13. The maximum absolute atomic E-state index is 12.7. The van der Waals surface area contributed by atoms with E-state index in [0.29, 0.717) is 17.0 Å². The normalized spacial score (nSPS) is 18.7. The van der Waals surface area contributed by atoms with Gasteiger partial charge in [-0.05, 0) is 19.4 Å². The molecule has 0 amide bonds. The molecule has 0 aliphatic carbocycles. The van der Waals surface area contributed by atoms with E-state index in [4.69, 9.17) is 14.7 Å². The summed E-state index contributed by atoms with van der Waals surface area (Å²) in [6.45, 7) is 3.12. The average molecular weight is 385 g/mol. The lowest BCUT2D eigenvalue weighted by Crippen LogP contribution is -2.36. The Balaban J connectivity index is 2.61. The highest BCUT2D eigenvalue weighted by Gasteiger charge is 2.42. The maximum Gasteiger partial charge on any atom is 0.336 e. The standard InChI is InChI=1S/C19H19N3O6/c1-11-15(18(23)27-3)17(13-6-4-7-14(10-13)22(25)26)16(12(2)21-11)19(24)28-9-5-8-20/h4,6-7,10,15,17H,5,9H2,1-3H3. The fourth-order valence-corrected chi connectivity index (χ4v) is 3.19. The van der Waals surface area contributed by atoms with E-state index in [2.05, 4.69) is 4.99 Å². The number of esters is 2. The number of hydrogen-bond acceptors (Lipinski definition) is 8. The first-order chi connectivity index (χ1) is 13.3. The zero-order valence-electron chi connectivity index (χ0n) is 15.7. The minimum absolute atomic E-state index is 0.0161. The maximum atomic E-state index is 12.7. The Labute approximate surface area is 161 Å². The average Bonchev–Trinajstić information content (AvgIpc) is 2.67. The van der Waals surface area contributed by atoms with Gasteiger partial charge in [0.1, 0.15) is 12.5 Å². The van der Waals surface area contributed by atoms with Crippen LogP contribution in [0, 0.1) is 27.4 Å². The summed E-state index contributed by atoms with van der Waals surface area (Å²) in [6.07, 6.45) is 0.0161. The van der Waals surface area contributed by atoms with E-state index in [9.17, 15) is 19.7 Å². The lowest BCUT2D eigenvalue weighted by molar-refractivity contribution is -0.384. The third-order valence-corrected chi connectivity index (χ3v) is 4.39. The number of carbonyl (C=O) groups excluding carboxylic acids is 2. The molecule has 2 atom stereocenters. The number of ether oxygens (including phenoxy) is 2. The van der Waals surface area contributed by atoms with Crippen LogP contribution in [-0.2, 0) is 19.1 Å². The Morgan fingerprint density at radius 2 is 2.07 bits per heavy atom. The van der Waals surface area contributed by atoms with Crippen LogP contribution in [0.3, 0.4) is 0 Å². The number of nitrogens with zero attached hydrogens (tertiary/aromatic N) is 3. The molecule has 0 radical (unpaired) electrons. The smallest absolute Gasteiger partial charge is 0.336 e. The van der Waals surface area contributed by atoms with Crippen LogP contribution < -0.4 is 0 Å². The molecule has 146 valence electrons. The van der Waals surface area contributed by atoms with Crippen LogP contribution in [0.25, 0.3) is 0 Å². The van der Waals surface area contributed by atoms with Gasteiger partial charge in [-0.25, -0.2) is 4.79 Å². The fourth-order valence-electron chi connectivity index (χ4n) is 3.19. The number of carbonyl (C=O) groups is 2. The number of non-ortho nitro benzene ring substituents is 1. The molecule has 0 N–H and O–H groups in total. The zero-order chi connectivity index (χ0) is 20.8. The highest BCUT2D eigenvalue weighted by Crippen LogP contribution is 2.40. The first kappa shape index (κ1) is 20.8. The molecule has 0 bridgehead atoms. The van der Waals surface area contributed by atoms with Gasteiger partial charge in [0.2, 0.25) is 0 Å². The quantitative estimate of drug-likeness (QED) is 0.318. The van der Waals surface area contributed by atoms with E-state index in [1.165, 1.54) is 25.3 Å². The Hall–Kier alpha value is -3.54. The number of allylic oxidation sites excluding steroid dienone is 1. The van der Waals surface area contributed by atoms with Crippen LogP contribution in [-0.4, -0.2) is 36.3 Å². The second kappa shape index (κ2) is 8.90. The molecule has 0 spiro atoms. The van der Waals surface area contributed by atoms with Gasteiger partial charge < -0.3 is 9.47 Å². The summed E-state index contributed by atoms with van der Waals surface area (Å²) in [6, 6.07) is 7.59. The van der Waals surface area contributed by atoms with Crippen molar-refractivity contribution in [1.29, 1.82) is 5.26 Å². The van der Waals surface area contributed by atoms with Crippen molar-refractivity contribution in [2.45, 2.75) is 26.2 Å². The summed E-state index contributed by atoms with van der Waals surface area (Å²) in [7, 11) is 1.22. The summed E-state index contributed by atoms with van der Waals surface area (Å²) in [5.74, 6) is -3.14. The first-order valence-corrected chi connectivity index (χ1v) is 8.44. The number of nitro benzene ring substituents is 1. The molecule has 0 fully saturated rings. The summed E-state index contributed by atoms with van der Waals surface area (Å²) >= 11 is 0. The monoisotopic (exact) mass is 385 g/mol. The number of rotatable bonds is 6. The van der Waals surface area contributed by atoms with Gasteiger partial charge in [0.25, 0.3) is 5.69 Å². The molecule has 1 aliphatic heterocycles. The Bertz CT molecular complexity index is 912. The number of methoxy groups -OCH3 is 1. The van der Waals surface area contributed by atoms with Gasteiger partial charge in [0.15, 0.2) is 0 Å². The van der Waals surface area contributed by atoms with Gasteiger partial charge in [-0.2, -0.15) is 5.26 Å². The van der Waals surface area contributed by atoms with E-state index in [-0.39, 0.29) is 24.3 Å². The Kier molecular flexibility index (Phi) is 6.60. The first-order valence-electron chi connectivity index (χ1n) is 8.44. The van der Waals surface area contributed by atoms with Crippen molar-refractivity contribution in [3.8, 4) is 6.07 Å². The van der Waals surface area contributed by atoms with Gasteiger partial charge in [0.05, 0.1) is 30.1 Å². The number of nitriles is 1. The van der Waals surface area contributed by atoms with Crippen molar-refractivity contribution in [1.82, 2.24) is 0 Å². The summed E-state index contributed by atoms with van der Waals surface area (Å²) in [5.41, 5.74) is 1.10. The van der Waals surface area contributed by atoms with Gasteiger partial charge in [-0.1, -0.05) is 12.1 Å². The molecule has 2 unspecified atom stereocenters. The molecule has 1 heterocycles. The molecule has 9 heteroatoms. The second-order valence-electron chi connectivity index (χ2n) is 6.13. The van der Waals surface area contributed by atoms with Gasteiger partial charge in [-0.3, -0.25) is 19.9 Å². The highest BCUT2D eigenvalue weighted by atomic mass is 16.6. The van der Waals surface area contributed by atoms with Crippen molar-refractivity contribution in [2.24, 2.45) is 10.9 Å². The molecule has 0 aromatic heterocycles. The summed E-state index contributed by atoms with van der Waals surface area (Å²) in [5, 5.41) is 19.8. The largest absolute Gasteiger partial charge is 0.468 e. The molecule has 28 heavy (non-hydrogen) atoms. The molecule has 1 aromatic carbocycles. The van der Waals surface area contributed by atoms with Crippen molar-refractivity contribution < 1.29 is 24.0 Å². The van der Waals surface area contributed by atoms with Crippen LogP contribution in [0.2, 0.25) is 0 Å². The number of aliphatic imine (C=N–C) groups is 1. The van der Waals surface area contributed by atoms with Crippen molar-refractivity contribution in [3.63, 3.8) is 0 Å². The summed E-state index contributed by atoms with van der Waals surface area (Å²) in [4.78, 5) is 40.1. The molecule has 1 aliphatic rings. The Morgan fingerprint density at radius 1 is 1.36 bits per heavy atom.